The van der Waals surface area contributed by atoms with Crippen LogP contribution in [0.4, 0.5) is 0 Å². The Hall–Kier alpha value is -3.26. The molecule has 8 heteroatoms. The van der Waals surface area contributed by atoms with Gasteiger partial charge >= 0.3 is 5.97 Å². The molecule has 0 aromatic heterocycles. The fourth-order valence-corrected chi connectivity index (χ4v) is 4.52. The van der Waals surface area contributed by atoms with E-state index in [4.69, 9.17) is 14.2 Å². The summed E-state index contributed by atoms with van der Waals surface area (Å²) in [4.78, 5) is 25.9. The summed E-state index contributed by atoms with van der Waals surface area (Å²) in [5.74, 6) is 0.681. The van der Waals surface area contributed by atoms with Crippen LogP contribution in [0, 0.1) is 5.92 Å². The minimum Gasteiger partial charge on any atom is -0.497 e. The Morgan fingerprint density at radius 3 is 2.47 bits per heavy atom. The van der Waals surface area contributed by atoms with Crippen molar-refractivity contribution >= 4 is 12.4 Å². The molecule has 0 aliphatic carbocycles. The lowest BCUT2D eigenvalue weighted by Gasteiger charge is -2.24. The van der Waals surface area contributed by atoms with Gasteiger partial charge in [-0.2, -0.15) is 0 Å². The molecular weight excluding hydrogens is 436 g/mol. The number of carbonyl (C=O) groups excluding carboxylic acids is 1. The molecular formula is C26H34N2O6. The van der Waals surface area contributed by atoms with Crippen molar-refractivity contribution in [2.45, 2.75) is 31.7 Å². The predicted octanol–water partition coefficient (Wildman–Crippen LogP) is 3.77. The van der Waals surface area contributed by atoms with Gasteiger partial charge in [-0.15, -0.1) is 0 Å². The number of fused-ring (bicyclic) bond motifs is 1. The molecule has 184 valence electrons. The van der Waals surface area contributed by atoms with Crippen LogP contribution in [-0.2, 0) is 9.59 Å². The van der Waals surface area contributed by atoms with Crippen LogP contribution in [-0.4, -0.2) is 68.4 Å². The number of carboxylic acid groups (broad SMARTS) is 1. The maximum Gasteiger partial charge on any atom is 0.309 e. The molecule has 34 heavy (non-hydrogen) atoms. The fourth-order valence-electron chi connectivity index (χ4n) is 4.52. The van der Waals surface area contributed by atoms with E-state index >= 15 is 0 Å². The summed E-state index contributed by atoms with van der Waals surface area (Å²) in [5, 5.41) is 9.98. The van der Waals surface area contributed by atoms with Crippen molar-refractivity contribution in [3.8, 4) is 17.2 Å². The molecule has 4 rings (SSSR count). The average molecular weight is 471 g/mol. The molecule has 2 aliphatic rings. The highest BCUT2D eigenvalue weighted by molar-refractivity contribution is 5.74. The van der Waals surface area contributed by atoms with Gasteiger partial charge in [0.1, 0.15) is 5.75 Å². The number of aliphatic carboxylic acids is 1. The molecule has 2 aromatic rings. The minimum absolute atomic E-state index is 0.126. The van der Waals surface area contributed by atoms with Crippen LogP contribution in [0.1, 0.15) is 42.9 Å². The lowest BCUT2D eigenvalue weighted by molar-refractivity contribution is -0.143. The van der Waals surface area contributed by atoms with Crippen LogP contribution in [0.25, 0.3) is 0 Å². The summed E-state index contributed by atoms with van der Waals surface area (Å²) in [6.45, 7) is 3.87. The minimum atomic E-state index is -0.794. The Kier molecular flexibility index (Phi) is 8.76. The third-order valence-electron chi connectivity index (χ3n) is 6.34. The van der Waals surface area contributed by atoms with Gasteiger partial charge in [0.25, 0.3) is 0 Å². The molecule has 1 saturated heterocycles. The zero-order valence-corrected chi connectivity index (χ0v) is 20.3. The van der Waals surface area contributed by atoms with Gasteiger partial charge in [-0.1, -0.05) is 31.5 Å². The number of nitrogens with zero attached hydrogens (tertiary/aromatic N) is 2. The van der Waals surface area contributed by atoms with Crippen molar-refractivity contribution in [2.24, 2.45) is 5.92 Å². The molecule has 2 heterocycles. The van der Waals surface area contributed by atoms with Gasteiger partial charge in [-0.3, -0.25) is 14.5 Å². The second-order valence-electron chi connectivity index (χ2n) is 8.68. The third-order valence-corrected chi connectivity index (χ3v) is 6.34. The molecule has 0 spiro atoms. The van der Waals surface area contributed by atoms with Crippen molar-refractivity contribution < 1.29 is 28.9 Å². The number of hydrogen-bond acceptors (Lipinski definition) is 6. The molecule has 2 aliphatic heterocycles. The van der Waals surface area contributed by atoms with Gasteiger partial charge in [0.15, 0.2) is 11.5 Å². The highest BCUT2D eigenvalue weighted by Crippen LogP contribution is 2.47. The number of carbonyl (C=O) groups is 2. The van der Waals surface area contributed by atoms with E-state index in [2.05, 4.69) is 11.8 Å². The lowest BCUT2D eigenvalue weighted by Crippen LogP contribution is -2.26. The van der Waals surface area contributed by atoms with E-state index in [9.17, 15) is 14.7 Å². The van der Waals surface area contributed by atoms with Crippen molar-refractivity contribution in [1.82, 2.24) is 9.80 Å². The molecule has 8 nitrogen and oxygen atoms in total. The summed E-state index contributed by atoms with van der Waals surface area (Å²) in [7, 11) is 5.38. The monoisotopic (exact) mass is 470 g/mol. The number of amides is 1. The maximum atomic E-state index is 12.2. The molecule has 1 N–H and O–H groups in total. The van der Waals surface area contributed by atoms with Gasteiger partial charge < -0.3 is 24.2 Å². The Labute approximate surface area is 201 Å². The van der Waals surface area contributed by atoms with Crippen molar-refractivity contribution in [1.29, 1.82) is 0 Å². The van der Waals surface area contributed by atoms with E-state index in [0.29, 0.717) is 18.0 Å². The molecule has 3 unspecified atom stereocenters. The summed E-state index contributed by atoms with van der Waals surface area (Å²) in [6.07, 6.45) is 3.11. The van der Waals surface area contributed by atoms with Gasteiger partial charge in [0.05, 0.1) is 13.0 Å². The SMILES string of the molecule is CCCCN(C)C=O.COc1ccc(C2C(C(=O)O)C(c3ccc4c(c3)OCO4)CN2C)cc1. The molecule has 1 amide bonds. The molecule has 2 aromatic carbocycles. The third kappa shape index (κ3) is 5.80. The quantitative estimate of drug-likeness (QED) is 0.588. The second-order valence-corrected chi connectivity index (χ2v) is 8.68. The van der Waals surface area contributed by atoms with Crippen LogP contribution in [0.3, 0.4) is 0 Å². The first-order valence-corrected chi connectivity index (χ1v) is 11.5. The zero-order valence-electron chi connectivity index (χ0n) is 20.3. The van der Waals surface area contributed by atoms with Gasteiger partial charge in [0.2, 0.25) is 13.2 Å². The zero-order chi connectivity index (χ0) is 24.7. The van der Waals surface area contributed by atoms with Gasteiger partial charge in [-0.25, -0.2) is 0 Å². The van der Waals surface area contributed by atoms with E-state index in [1.807, 2.05) is 49.5 Å². The van der Waals surface area contributed by atoms with Crippen molar-refractivity contribution in [3.63, 3.8) is 0 Å². The molecule has 3 atom stereocenters. The topological polar surface area (TPSA) is 88.5 Å². The molecule has 1 fully saturated rings. The van der Waals surface area contributed by atoms with Crippen LogP contribution < -0.4 is 14.2 Å². The lowest BCUT2D eigenvalue weighted by atomic mass is 9.83. The number of unbranched alkanes of at least 4 members (excludes halogenated alkanes) is 1. The normalized spacial score (nSPS) is 20.9. The van der Waals surface area contributed by atoms with E-state index < -0.39 is 11.9 Å². The fraction of sp³-hybridized carbons (Fsp3) is 0.462. The van der Waals surface area contributed by atoms with Crippen molar-refractivity contribution in [3.05, 3.63) is 53.6 Å². The largest absolute Gasteiger partial charge is 0.497 e. The van der Waals surface area contributed by atoms with Crippen LogP contribution in [0.5, 0.6) is 17.2 Å². The Balaban J connectivity index is 0.000000350. The first-order chi connectivity index (χ1) is 16.4. The standard InChI is InChI=1S/C20H21NO5.C6H13NO/c1-21-10-15(13-5-8-16-17(9-13)26-11-25-16)18(20(22)23)19(21)12-3-6-14(24-2)7-4-12;1-3-4-5-7(2)6-8/h3-9,15,18-19H,10-11H2,1-2H3,(H,22,23);6H,3-5H2,1-2H3. The average Bonchev–Trinajstić information content (AvgIpc) is 3.46. The number of benzene rings is 2. The number of rotatable bonds is 8. The Morgan fingerprint density at radius 2 is 1.85 bits per heavy atom. The van der Waals surface area contributed by atoms with E-state index in [-0.39, 0.29) is 18.8 Å². The van der Waals surface area contributed by atoms with Gasteiger partial charge in [-0.05, 0) is 48.9 Å². The number of carboxylic acids is 1. The van der Waals surface area contributed by atoms with E-state index in [0.717, 1.165) is 42.7 Å². The summed E-state index contributed by atoms with van der Waals surface area (Å²) in [6, 6.07) is 13.1. The predicted molar refractivity (Wildman–Crippen MR) is 128 cm³/mol. The molecule has 0 saturated carbocycles. The first-order valence-electron chi connectivity index (χ1n) is 11.5. The first kappa shape index (κ1) is 25.4. The number of likely N-dealkylation sites (N-methyl/N-ethyl adjacent to an activating group) is 1. The Bertz CT molecular complexity index is 964. The van der Waals surface area contributed by atoms with Crippen LogP contribution >= 0.6 is 0 Å². The maximum absolute atomic E-state index is 12.2. The van der Waals surface area contributed by atoms with Crippen molar-refractivity contribution in [2.75, 3.05) is 41.1 Å². The smallest absolute Gasteiger partial charge is 0.309 e. The molecule has 0 radical (unpaired) electrons. The van der Waals surface area contributed by atoms with Crippen LogP contribution in [0.2, 0.25) is 0 Å². The number of hydrogen-bond donors (Lipinski definition) is 1. The Morgan fingerprint density at radius 1 is 1.18 bits per heavy atom. The van der Waals surface area contributed by atoms with E-state index in [1.165, 1.54) is 0 Å². The number of methoxy groups -OCH3 is 1. The van der Waals surface area contributed by atoms with Gasteiger partial charge in [0, 0.05) is 32.1 Å². The van der Waals surface area contributed by atoms with Crippen LogP contribution in [0.15, 0.2) is 42.5 Å². The summed E-state index contributed by atoms with van der Waals surface area (Å²) < 4.78 is 16.0. The van der Waals surface area contributed by atoms with E-state index in [1.54, 1.807) is 19.1 Å². The number of likely N-dealkylation sites (tertiary alicyclic amines) is 1. The highest BCUT2D eigenvalue weighted by Gasteiger charge is 2.46. The highest BCUT2D eigenvalue weighted by atomic mass is 16.7. The second kappa shape index (κ2) is 11.7. The summed E-state index contributed by atoms with van der Waals surface area (Å²) in [5.41, 5.74) is 1.94. The molecule has 0 bridgehead atoms. The summed E-state index contributed by atoms with van der Waals surface area (Å²) >= 11 is 0. The number of ether oxygens (including phenoxy) is 3.